The van der Waals surface area contributed by atoms with Crippen molar-refractivity contribution in [3.05, 3.63) is 0 Å². The van der Waals surface area contributed by atoms with E-state index in [9.17, 15) is 9.59 Å². The number of urea groups is 1. The number of rotatable bonds is 2. The summed E-state index contributed by atoms with van der Waals surface area (Å²) in [6.07, 6.45) is 3.15. The lowest BCUT2D eigenvalue weighted by molar-refractivity contribution is -0.143. The van der Waals surface area contributed by atoms with Gasteiger partial charge in [0, 0.05) is 25.7 Å². The molecule has 0 aromatic heterocycles. The molecule has 0 saturated carbocycles. The molecule has 0 aromatic rings. The van der Waals surface area contributed by atoms with Crippen LogP contribution >= 0.6 is 0 Å². The van der Waals surface area contributed by atoms with E-state index in [-0.39, 0.29) is 18.0 Å². The normalized spacial score (nSPS) is 28.4. The van der Waals surface area contributed by atoms with Gasteiger partial charge in [-0.15, -0.1) is 0 Å². The first-order valence-corrected chi connectivity index (χ1v) is 7.85. The Morgan fingerprint density at radius 2 is 1.76 bits per heavy atom. The van der Waals surface area contributed by atoms with Gasteiger partial charge in [-0.2, -0.15) is 0 Å². The Hall–Kier alpha value is -1.30. The predicted molar refractivity (Wildman–Crippen MR) is 80.2 cm³/mol. The zero-order valence-corrected chi connectivity index (χ0v) is 13.3. The summed E-state index contributed by atoms with van der Waals surface area (Å²) in [4.78, 5) is 29.7. The number of likely N-dealkylation sites (tertiary alicyclic amines) is 2. The molecule has 2 unspecified atom stereocenters. The molecule has 2 atom stereocenters. The van der Waals surface area contributed by atoms with Crippen molar-refractivity contribution in [3.8, 4) is 0 Å². The van der Waals surface area contributed by atoms with Gasteiger partial charge >= 0.3 is 12.0 Å². The van der Waals surface area contributed by atoms with Gasteiger partial charge in [-0.05, 0) is 52.7 Å². The first-order valence-electron chi connectivity index (χ1n) is 7.85. The van der Waals surface area contributed by atoms with E-state index in [2.05, 4.69) is 11.9 Å². The van der Waals surface area contributed by atoms with E-state index in [1.807, 2.05) is 23.8 Å². The number of hydrogen-bond acceptors (Lipinski definition) is 3. The third-order valence-corrected chi connectivity index (χ3v) is 5.01. The molecule has 2 rings (SSSR count). The quantitative estimate of drug-likeness (QED) is 0.835. The fraction of sp³-hybridized carbons (Fsp3) is 0.867. The molecule has 6 heteroatoms. The highest BCUT2D eigenvalue weighted by atomic mass is 16.4. The lowest BCUT2D eigenvalue weighted by Crippen LogP contribution is -2.54. The number of hydrogen-bond donors (Lipinski definition) is 1. The number of amides is 2. The number of piperidine rings is 2. The zero-order valence-electron chi connectivity index (χ0n) is 13.3. The summed E-state index contributed by atoms with van der Waals surface area (Å²) in [7, 11) is 3.99. The molecule has 0 aliphatic carbocycles. The minimum Gasteiger partial charge on any atom is -0.481 e. The largest absolute Gasteiger partial charge is 0.481 e. The smallest absolute Gasteiger partial charge is 0.320 e. The highest BCUT2D eigenvalue weighted by Gasteiger charge is 2.35. The topological polar surface area (TPSA) is 64.1 Å². The van der Waals surface area contributed by atoms with Crippen LogP contribution in [0.2, 0.25) is 0 Å². The molecule has 21 heavy (non-hydrogen) atoms. The molecule has 2 fully saturated rings. The molecule has 120 valence electrons. The second-order valence-corrected chi connectivity index (χ2v) is 6.53. The molecule has 2 aliphatic rings. The third kappa shape index (κ3) is 3.67. The maximum Gasteiger partial charge on any atom is 0.320 e. The maximum atomic E-state index is 12.7. The van der Waals surface area contributed by atoms with Crippen molar-refractivity contribution in [2.24, 2.45) is 5.92 Å². The summed E-state index contributed by atoms with van der Waals surface area (Å²) in [5.74, 6) is -1.05. The number of carbonyl (C=O) groups excluding carboxylic acids is 1. The van der Waals surface area contributed by atoms with Gasteiger partial charge in [-0.1, -0.05) is 0 Å². The number of aliphatic carboxylic acids is 1. The summed E-state index contributed by atoms with van der Waals surface area (Å²) >= 11 is 0. The van der Waals surface area contributed by atoms with Gasteiger partial charge in [0.25, 0.3) is 0 Å². The first-order chi connectivity index (χ1) is 9.90. The van der Waals surface area contributed by atoms with Crippen LogP contribution in [0.4, 0.5) is 4.79 Å². The summed E-state index contributed by atoms with van der Waals surface area (Å²) in [6, 6.07) is 0.361. The minimum absolute atomic E-state index is 0.000985. The summed E-state index contributed by atoms with van der Waals surface area (Å²) in [5.41, 5.74) is 0. The minimum atomic E-state index is -0.738. The number of carboxylic acids is 1. The summed E-state index contributed by atoms with van der Waals surface area (Å²) in [5, 5.41) is 9.10. The van der Waals surface area contributed by atoms with Crippen LogP contribution in [0.5, 0.6) is 0 Å². The van der Waals surface area contributed by atoms with Crippen LogP contribution in [0.25, 0.3) is 0 Å². The Morgan fingerprint density at radius 3 is 2.29 bits per heavy atom. The summed E-state index contributed by atoms with van der Waals surface area (Å²) in [6.45, 7) is 4.56. The second-order valence-electron chi connectivity index (χ2n) is 6.53. The van der Waals surface area contributed by atoms with Gasteiger partial charge in [-0.3, -0.25) is 4.79 Å². The fourth-order valence-corrected chi connectivity index (χ4v) is 3.42. The van der Waals surface area contributed by atoms with Crippen LogP contribution in [0.1, 0.15) is 32.6 Å². The number of nitrogens with zero attached hydrogens (tertiary/aromatic N) is 3. The molecule has 0 bridgehead atoms. The Labute approximate surface area is 126 Å². The van der Waals surface area contributed by atoms with Crippen molar-refractivity contribution in [1.82, 2.24) is 14.7 Å². The average molecular weight is 297 g/mol. The van der Waals surface area contributed by atoms with Gasteiger partial charge in [0.05, 0.1) is 5.92 Å². The Balaban J connectivity index is 1.92. The molecule has 2 saturated heterocycles. The highest BCUT2D eigenvalue weighted by Crippen LogP contribution is 2.25. The lowest BCUT2D eigenvalue weighted by Gasteiger charge is -2.42. The van der Waals surface area contributed by atoms with Crippen molar-refractivity contribution in [2.75, 3.05) is 33.7 Å². The van der Waals surface area contributed by atoms with Crippen LogP contribution in [0.3, 0.4) is 0 Å². The SMILES string of the molecule is CC1CC(C(=O)O)CCN1C(=O)N(C)C1CCN(C)CC1. The van der Waals surface area contributed by atoms with Crippen LogP contribution < -0.4 is 0 Å². The van der Waals surface area contributed by atoms with Crippen molar-refractivity contribution < 1.29 is 14.7 Å². The van der Waals surface area contributed by atoms with E-state index in [0.29, 0.717) is 25.4 Å². The zero-order chi connectivity index (χ0) is 15.6. The maximum absolute atomic E-state index is 12.7. The molecule has 0 radical (unpaired) electrons. The first kappa shape index (κ1) is 16.1. The Kier molecular flexibility index (Phi) is 5.08. The van der Waals surface area contributed by atoms with Crippen LogP contribution in [0, 0.1) is 5.92 Å². The van der Waals surface area contributed by atoms with Gasteiger partial charge in [0.2, 0.25) is 0 Å². The molecule has 0 aromatic carbocycles. The molecule has 0 spiro atoms. The predicted octanol–water partition coefficient (Wildman–Crippen LogP) is 1.32. The van der Waals surface area contributed by atoms with Crippen molar-refractivity contribution >= 4 is 12.0 Å². The van der Waals surface area contributed by atoms with E-state index in [4.69, 9.17) is 5.11 Å². The van der Waals surface area contributed by atoms with Crippen LogP contribution in [-0.2, 0) is 4.79 Å². The molecular weight excluding hydrogens is 270 g/mol. The van der Waals surface area contributed by atoms with Crippen molar-refractivity contribution in [3.63, 3.8) is 0 Å². The molecule has 6 nitrogen and oxygen atoms in total. The van der Waals surface area contributed by atoms with Gasteiger partial charge in [0.1, 0.15) is 0 Å². The Bertz CT molecular complexity index is 394. The number of carbonyl (C=O) groups is 2. The fourth-order valence-electron chi connectivity index (χ4n) is 3.42. The molecule has 2 heterocycles. The highest BCUT2D eigenvalue weighted by molar-refractivity contribution is 5.76. The van der Waals surface area contributed by atoms with Crippen molar-refractivity contribution in [2.45, 2.75) is 44.7 Å². The van der Waals surface area contributed by atoms with E-state index in [1.165, 1.54) is 0 Å². The molecular formula is C15H27N3O3. The Morgan fingerprint density at radius 1 is 1.14 bits per heavy atom. The van der Waals surface area contributed by atoms with E-state index >= 15 is 0 Å². The molecule has 1 N–H and O–H groups in total. The van der Waals surface area contributed by atoms with Crippen LogP contribution in [-0.4, -0.2) is 77.6 Å². The van der Waals surface area contributed by atoms with Crippen LogP contribution in [0.15, 0.2) is 0 Å². The standard InChI is InChI=1S/C15H27N3O3/c1-11-10-12(14(19)20)4-9-18(11)15(21)17(3)13-5-7-16(2)8-6-13/h11-13H,4-10H2,1-3H3,(H,19,20). The van der Waals surface area contributed by atoms with Gasteiger partial charge in [0.15, 0.2) is 0 Å². The monoisotopic (exact) mass is 297 g/mol. The van der Waals surface area contributed by atoms with E-state index in [0.717, 1.165) is 25.9 Å². The third-order valence-electron chi connectivity index (χ3n) is 5.01. The second kappa shape index (κ2) is 6.64. The van der Waals surface area contributed by atoms with E-state index in [1.54, 1.807) is 0 Å². The molecule has 2 amide bonds. The lowest BCUT2D eigenvalue weighted by atomic mass is 9.92. The van der Waals surface area contributed by atoms with Crippen molar-refractivity contribution in [1.29, 1.82) is 0 Å². The summed E-state index contributed by atoms with van der Waals surface area (Å²) < 4.78 is 0. The number of carboxylic acid groups (broad SMARTS) is 1. The van der Waals surface area contributed by atoms with E-state index < -0.39 is 5.97 Å². The van der Waals surface area contributed by atoms with Gasteiger partial charge < -0.3 is 19.8 Å². The van der Waals surface area contributed by atoms with Gasteiger partial charge in [-0.25, -0.2) is 4.79 Å². The average Bonchev–Trinajstić information content (AvgIpc) is 2.46. The molecule has 2 aliphatic heterocycles.